The van der Waals surface area contributed by atoms with Gasteiger partial charge in [0.1, 0.15) is 0 Å². The van der Waals surface area contributed by atoms with Crippen LogP contribution in [0.1, 0.15) is 25.5 Å². The Bertz CT molecular complexity index is 803. The smallest absolute Gasteiger partial charge is 0.310 e. The zero-order chi connectivity index (χ0) is 17.6. The lowest BCUT2D eigenvalue weighted by Gasteiger charge is -2.30. The molecule has 0 spiro atoms. The second kappa shape index (κ2) is 7.88. The van der Waals surface area contributed by atoms with Gasteiger partial charge < -0.3 is 9.64 Å². The molecule has 3 rings (SSSR count). The van der Waals surface area contributed by atoms with Gasteiger partial charge in [0.05, 0.1) is 35.4 Å². The van der Waals surface area contributed by atoms with Gasteiger partial charge in [-0.3, -0.25) is 14.6 Å². The first kappa shape index (κ1) is 17.1. The summed E-state index contributed by atoms with van der Waals surface area (Å²) in [5.41, 5.74) is 2.24. The minimum absolute atomic E-state index is 0.121. The topological polar surface area (TPSA) is 72.4 Å². The fourth-order valence-corrected chi connectivity index (χ4v) is 2.94. The number of carbonyl (C=O) groups excluding carboxylic acids is 2. The van der Waals surface area contributed by atoms with Crippen LogP contribution in [-0.4, -0.2) is 46.4 Å². The molecule has 1 aliphatic heterocycles. The Morgan fingerprint density at radius 1 is 1.32 bits per heavy atom. The van der Waals surface area contributed by atoms with E-state index < -0.39 is 0 Å². The minimum atomic E-state index is -0.230. The van der Waals surface area contributed by atoms with Gasteiger partial charge in [-0.1, -0.05) is 12.1 Å². The summed E-state index contributed by atoms with van der Waals surface area (Å²) in [7, 11) is 0. The number of aromatic nitrogens is 2. The van der Waals surface area contributed by atoms with Crippen LogP contribution in [0, 0.1) is 5.92 Å². The van der Waals surface area contributed by atoms with Crippen molar-refractivity contribution in [2.75, 3.05) is 19.7 Å². The number of para-hydroxylation sites is 2. The van der Waals surface area contributed by atoms with Crippen LogP contribution in [0.25, 0.3) is 17.1 Å². The van der Waals surface area contributed by atoms with Gasteiger partial charge in [-0.2, -0.15) is 0 Å². The normalized spacial score (nSPS) is 17.8. The van der Waals surface area contributed by atoms with Crippen LogP contribution in [0.3, 0.4) is 0 Å². The van der Waals surface area contributed by atoms with Crippen molar-refractivity contribution < 1.29 is 14.3 Å². The maximum Gasteiger partial charge on any atom is 0.310 e. The van der Waals surface area contributed by atoms with E-state index in [-0.39, 0.29) is 17.8 Å². The molecule has 6 nitrogen and oxygen atoms in total. The summed E-state index contributed by atoms with van der Waals surface area (Å²) in [6.07, 6.45) is 6.37. The predicted octanol–water partition coefficient (Wildman–Crippen LogP) is 2.44. The van der Waals surface area contributed by atoms with Crippen molar-refractivity contribution in [3.05, 3.63) is 42.2 Å². The number of nitrogens with zero attached hydrogens (tertiary/aromatic N) is 3. The molecule has 0 bridgehead atoms. The van der Waals surface area contributed by atoms with Gasteiger partial charge >= 0.3 is 5.97 Å². The molecule has 2 heterocycles. The monoisotopic (exact) mass is 339 g/mol. The molecule has 1 aromatic heterocycles. The number of esters is 1. The molecule has 1 saturated heterocycles. The first-order valence-electron chi connectivity index (χ1n) is 8.53. The van der Waals surface area contributed by atoms with Crippen molar-refractivity contribution in [2.45, 2.75) is 19.8 Å². The van der Waals surface area contributed by atoms with Crippen molar-refractivity contribution in [1.29, 1.82) is 0 Å². The number of piperidine rings is 1. The van der Waals surface area contributed by atoms with Crippen molar-refractivity contribution >= 4 is 29.0 Å². The number of amides is 1. The van der Waals surface area contributed by atoms with E-state index in [1.54, 1.807) is 24.1 Å². The largest absolute Gasteiger partial charge is 0.466 e. The Morgan fingerprint density at radius 2 is 2.12 bits per heavy atom. The summed E-state index contributed by atoms with van der Waals surface area (Å²) in [6, 6.07) is 7.59. The van der Waals surface area contributed by atoms with Gasteiger partial charge in [0.15, 0.2) is 0 Å². The number of fused-ring (bicyclic) bond motifs is 1. The third-order valence-electron chi connectivity index (χ3n) is 4.22. The number of rotatable bonds is 4. The van der Waals surface area contributed by atoms with Crippen LogP contribution in [0.5, 0.6) is 0 Å². The standard InChI is InChI=1S/C19H21N3O3/c1-2-25-19(24)14-6-5-11-22(13-14)18(23)10-9-15-12-20-16-7-3-4-8-17(16)21-15/h3-4,7-10,12,14H,2,5-6,11,13H2,1H3/b10-9+. The SMILES string of the molecule is CCOC(=O)C1CCCN(C(=O)/C=C/c2cnc3ccccc3n2)C1. The van der Waals surface area contributed by atoms with Gasteiger partial charge in [0.2, 0.25) is 5.91 Å². The number of ether oxygens (including phenoxy) is 1. The zero-order valence-corrected chi connectivity index (χ0v) is 14.2. The molecule has 1 atom stereocenters. The molecule has 0 aliphatic carbocycles. The number of carbonyl (C=O) groups is 2. The lowest BCUT2D eigenvalue weighted by molar-refractivity contribution is -0.150. The van der Waals surface area contributed by atoms with E-state index >= 15 is 0 Å². The van der Waals surface area contributed by atoms with Crippen LogP contribution in [0.2, 0.25) is 0 Å². The second-order valence-electron chi connectivity index (χ2n) is 5.99. The lowest BCUT2D eigenvalue weighted by atomic mass is 9.98. The van der Waals surface area contributed by atoms with E-state index in [0.29, 0.717) is 25.4 Å². The molecule has 1 aromatic carbocycles. The number of hydrogen-bond donors (Lipinski definition) is 0. The Kier molecular flexibility index (Phi) is 5.38. The summed E-state index contributed by atoms with van der Waals surface area (Å²) in [4.78, 5) is 34.8. The Hall–Kier alpha value is -2.76. The van der Waals surface area contributed by atoms with Gasteiger partial charge in [0.25, 0.3) is 0 Å². The van der Waals surface area contributed by atoms with E-state index in [1.165, 1.54) is 6.08 Å². The van der Waals surface area contributed by atoms with Crippen LogP contribution in [0.15, 0.2) is 36.5 Å². The zero-order valence-electron chi connectivity index (χ0n) is 14.2. The molecule has 2 aromatic rings. The summed E-state index contributed by atoms with van der Waals surface area (Å²) < 4.78 is 5.07. The fraction of sp³-hybridized carbons (Fsp3) is 0.368. The molecular weight excluding hydrogens is 318 g/mol. The average Bonchev–Trinajstić information content (AvgIpc) is 2.66. The van der Waals surface area contributed by atoms with Crippen molar-refractivity contribution in [1.82, 2.24) is 14.9 Å². The van der Waals surface area contributed by atoms with Crippen LogP contribution in [0.4, 0.5) is 0 Å². The molecule has 1 amide bonds. The van der Waals surface area contributed by atoms with Gasteiger partial charge in [-0.05, 0) is 38.0 Å². The molecule has 6 heteroatoms. The summed E-state index contributed by atoms with van der Waals surface area (Å²) in [6.45, 7) is 3.22. The molecule has 0 radical (unpaired) electrons. The maximum absolute atomic E-state index is 12.4. The molecular formula is C19H21N3O3. The number of likely N-dealkylation sites (tertiary alicyclic amines) is 1. The highest BCUT2D eigenvalue weighted by Gasteiger charge is 2.28. The van der Waals surface area contributed by atoms with E-state index in [0.717, 1.165) is 23.9 Å². The third kappa shape index (κ3) is 4.21. The first-order valence-corrected chi connectivity index (χ1v) is 8.53. The quantitative estimate of drug-likeness (QED) is 0.632. The highest BCUT2D eigenvalue weighted by molar-refractivity contribution is 5.92. The van der Waals surface area contributed by atoms with Crippen LogP contribution < -0.4 is 0 Å². The third-order valence-corrected chi connectivity index (χ3v) is 4.22. The van der Waals surface area contributed by atoms with E-state index in [2.05, 4.69) is 9.97 Å². The molecule has 25 heavy (non-hydrogen) atoms. The number of hydrogen-bond acceptors (Lipinski definition) is 5. The highest BCUT2D eigenvalue weighted by atomic mass is 16.5. The van der Waals surface area contributed by atoms with Crippen molar-refractivity contribution in [3.63, 3.8) is 0 Å². The Labute approximate surface area is 146 Å². The molecule has 0 saturated carbocycles. The minimum Gasteiger partial charge on any atom is -0.466 e. The van der Waals surface area contributed by atoms with E-state index in [1.807, 2.05) is 24.3 Å². The van der Waals surface area contributed by atoms with Crippen molar-refractivity contribution in [3.8, 4) is 0 Å². The average molecular weight is 339 g/mol. The fourth-order valence-electron chi connectivity index (χ4n) is 2.94. The molecule has 1 unspecified atom stereocenters. The van der Waals surface area contributed by atoms with Crippen LogP contribution in [-0.2, 0) is 14.3 Å². The van der Waals surface area contributed by atoms with Gasteiger partial charge in [0, 0.05) is 19.2 Å². The van der Waals surface area contributed by atoms with Gasteiger partial charge in [-0.15, -0.1) is 0 Å². The molecule has 1 fully saturated rings. The summed E-state index contributed by atoms with van der Waals surface area (Å²) in [5, 5.41) is 0. The van der Waals surface area contributed by atoms with Gasteiger partial charge in [-0.25, -0.2) is 4.98 Å². The maximum atomic E-state index is 12.4. The second-order valence-corrected chi connectivity index (χ2v) is 5.99. The van der Waals surface area contributed by atoms with Crippen LogP contribution >= 0.6 is 0 Å². The molecule has 130 valence electrons. The first-order chi connectivity index (χ1) is 12.2. The van der Waals surface area contributed by atoms with E-state index in [9.17, 15) is 9.59 Å². The summed E-state index contributed by atoms with van der Waals surface area (Å²) >= 11 is 0. The predicted molar refractivity (Wildman–Crippen MR) is 94.5 cm³/mol. The number of benzene rings is 1. The molecule has 1 aliphatic rings. The lowest BCUT2D eigenvalue weighted by Crippen LogP contribution is -2.42. The Balaban J connectivity index is 1.65. The highest BCUT2D eigenvalue weighted by Crippen LogP contribution is 2.18. The van der Waals surface area contributed by atoms with Crippen molar-refractivity contribution in [2.24, 2.45) is 5.92 Å². The molecule has 0 N–H and O–H groups in total. The van der Waals surface area contributed by atoms with E-state index in [4.69, 9.17) is 4.74 Å². The Morgan fingerprint density at radius 3 is 2.92 bits per heavy atom. The summed E-state index contributed by atoms with van der Waals surface area (Å²) in [5.74, 6) is -0.570.